The quantitative estimate of drug-likeness (QED) is 0.155. The number of anilines is 3. The molecule has 2 aliphatic carbocycles. The van der Waals surface area contributed by atoms with Crippen LogP contribution in [0.4, 0.5) is 17.1 Å². The molecule has 8 aromatic carbocycles. The van der Waals surface area contributed by atoms with Crippen LogP contribution in [0.1, 0.15) is 68.9 Å². The van der Waals surface area contributed by atoms with Gasteiger partial charge < -0.3 is 9.30 Å². The Morgan fingerprint density at radius 1 is 0.354 bits per heavy atom. The lowest BCUT2D eigenvalue weighted by Crippen LogP contribution is -2.10. The summed E-state index contributed by atoms with van der Waals surface area (Å²) in [5.41, 5.74) is 22.1. The second-order valence-corrected chi connectivity index (χ2v) is 18.1. The van der Waals surface area contributed by atoms with Gasteiger partial charge in [-0.05, 0) is 161 Å². The molecule has 2 aliphatic rings. The molecule has 0 atom stereocenters. The molecule has 2 heterocycles. The molecule has 2 nitrogen and oxygen atoms in total. The molecule has 10 aromatic rings. The molecule has 1 fully saturated rings. The van der Waals surface area contributed by atoms with E-state index >= 15 is 0 Å². The number of benzene rings is 8. The topological polar surface area (TPSA) is 7.65 Å². The van der Waals surface area contributed by atoms with Crippen LogP contribution in [0.3, 0.4) is 0 Å². The molecule has 1 saturated carbocycles. The molecule has 2 aromatic heterocycles. The summed E-state index contributed by atoms with van der Waals surface area (Å²) in [6.07, 6.45) is 10.6. The van der Waals surface area contributed by atoms with E-state index in [4.69, 9.17) is 6.58 Å². The highest BCUT2D eigenvalue weighted by Gasteiger charge is 2.25. The van der Waals surface area contributed by atoms with Gasteiger partial charge in [-0.25, -0.2) is 0 Å². The van der Waals surface area contributed by atoms with Gasteiger partial charge in [0.1, 0.15) is 0 Å². The molecular formula is C63H52N2. The normalized spacial score (nSPS) is 16.2. The zero-order chi connectivity index (χ0) is 43.3. The summed E-state index contributed by atoms with van der Waals surface area (Å²) < 4.78 is 2.47. The first-order chi connectivity index (χ1) is 32.2. The summed E-state index contributed by atoms with van der Waals surface area (Å²) in [6.45, 7) is 4.82. The van der Waals surface area contributed by atoms with E-state index in [1.807, 2.05) is 0 Å². The van der Waals surface area contributed by atoms with Crippen LogP contribution in [0.5, 0.6) is 0 Å². The average molecular weight is 837 g/mol. The first-order valence-electron chi connectivity index (χ1n) is 23.7. The fourth-order valence-corrected chi connectivity index (χ4v) is 11.3. The highest BCUT2D eigenvalue weighted by atomic mass is 15.1. The van der Waals surface area contributed by atoms with Crippen molar-refractivity contribution in [1.29, 1.82) is 0 Å². The van der Waals surface area contributed by atoms with Gasteiger partial charge in [-0.1, -0.05) is 159 Å². The third-order valence-corrected chi connectivity index (χ3v) is 14.3. The Morgan fingerprint density at radius 3 is 1.58 bits per heavy atom. The largest absolute Gasteiger partial charge is 0.311 e. The molecule has 0 bridgehead atoms. The van der Waals surface area contributed by atoms with Gasteiger partial charge in [-0.3, -0.25) is 0 Å². The molecule has 0 N–H and O–H groups in total. The summed E-state index contributed by atoms with van der Waals surface area (Å²) >= 11 is 0. The molecule has 0 unspecified atom stereocenters. The smallest absolute Gasteiger partial charge is 0.0620 e. The molecule has 0 amide bonds. The Morgan fingerprint density at radius 2 is 0.862 bits per heavy atom. The molecule has 0 radical (unpaired) electrons. The SMILES string of the molecule is C=C1CCCCC/C(c2ccccc2)=C2/CCCCC2=C1c1ccc(N(c2ccc(-c3ccccc3)cc2)c2ccc(-c3cccc4c3c3cccc5c6ccccc6n4c53)cc2)cc1. The molecular weight excluding hydrogens is 785 g/mol. The van der Waals surface area contributed by atoms with E-state index in [2.05, 4.69) is 203 Å². The lowest BCUT2D eigenvalue weighted by molar-refractivity contribution is 0.662. The predicted octanol–water partition coefficient (Wildman–Crippen LogP) is 17.9. The summed E-state index contributed by atoms with van der Waals surface area (Å²) in [7, 11) is 0. The number of allylic oxidation sites excluding steroid dienone is 5. The molecule has 0 aliphatic heterocycles. The van der Waals surface area contributed by atoms with E-state index in [0.717, 1.165) is 42.7 Å². The summed E-state index contributed by atoms with van der Waals surface area (Å²) in [4.78, 5) is 2.41. The van der Waals surface area contributed by atoms with Crippen molar-refractivity contribution in [3.63, 3.8) is 0 Å². The first-order valence-corrected chi connectivity index (χ1v) is 23.7. The van der Waals surface area contributed by atoms with Gasteiger partial charge in [-0.2, -0.15) is 0 Å². The summed E-state index contributed by atoms with van der Waals surface area (Å²) in [5.74, 6) is 0. The van der Waals surface area contributed by atoms with Crippen molar-refractivity contribution in [1.82, 2.24) is 4.40 Å². The van der Waals surface area contributed by atoms with Crippen molar-refractivity contribution < 1.29 is 0 Å². The van der Waals surface area contributed by atoms with E-state index in [1.165, 1.54) is 120 Å². The highest BCUT2D eigenvalue weighted by Crippen LogP contribution is 2.47. The number of hydrogen-bond acceptors (Lipinski definition) is 1. The van der Waals surface area contributed by atoms with E-state index in [0.29, 0.717) is 0 Å². The number of aromatic nitrogens is 1. The number of para-hydroxylation sites is 2. The fraction of sp³-hybridized carbons (Fsp3) is 0.143. The molecule has 314 valence electrons. The number of rotatable bonds is 7. The minimum atomic E-state index is 1.05. The lowest BCUT2D eigenvalue weighted by Gasteiger charge is -2.29. The Balaban J connectivity index is 0.967. The van der Waals surface area contributed by atoms with Gasteiger partial charge in [0.25, 0.3) is 0 Å². The second-order valence-electron chi connectivity index (χ2n) is 18.1. The van der Waals surface area contributed by atoms with Crippen LogP contribution < -0.4 is 4.90 Å². The molecule has 0 saturated heterocycles. The Labute approximate surface area is 382 Å². The van der Waals surface area contributed by atoms with Crippen molar-refractivity contribution in [2.45, 2.75) is 57.8 Å². The van der Waals surface area contributed by atoms with Crippen molar-refractivity contribution in [2.75, 3.05) is 4.90 Å². The highest BCUT2D eigenvalue weighted by molar-refractivity contribution is 6.25. The van der Waals surface area contributed by atoms with Crippen molar-refractivity contribution >= 4 is 66.3 Å². The van der Waals surface area contributed by atoms with Gasteiger partial charge >= 0.3 is 0 Å². The molecule has 0 spiro atoms. The zero-order valence-electron chi connectivity index (χ0n) is 36.9. The van der Waals surface area contributed by atoms with E-state index in [9.17, 15) is 0 Å². The monoisotopic (exact) mass is 836 g/mol. The zero-order valence-corrected chi connectivity index (χ0v) is 36.9. The Bertz CT molecular complexity index is 3420. The fourth-order valence-electron chi connectivity index (χ4n) is 11.3. The van der Waals surface area contributed by atoms with Gasteiger partial charge in [0, 0.05) is 38.6 Å². The molecule has 65 heavy (non-hydrogen) atoms. The van der Waals surface area contributed by atoms with Crippen LogP contribution in [0, 0.1) is 0 Å². The maximum atomic E-state index is 4.82. The van der Waals surface area contributed by atoms with Crippen LogP contribution in [0.15, 0.2) is 217 Å². The number of fused-ring (bicyclic) bond motifs is 7. The number of hydrogen-bond donors (Lipinski definition) is 0. The third-order valence-electron chi connectivity index (χ3n) is 14.3. The van der Waals surface area contributed by atoms with Crippen LogP contribution in [-0.2, 0) is 0 Å². The summed E-state index contributed by atoms with van der Waals surface area (Å²) in [6, 6.07) is 71.9. The summed E-state index contributed by atoms with van der Waals surface area (Å²) in [5, 5.41) is 5.22. The first kappa shape index (κ1) is 39.2. The average Bonchev–Trinajstić information content (AvgIpc) is 3.90. The van der Waals surface area contributed by atoms with Gasteiger partial charge in [0.05, 0.1) is 16.6 Å². The molecule has 2 heteroatoms. The van der Waals surface area contributed by atoms with Gasteiger partial charge in [-0.15, -0.1) is 0 Å². The minimum Gasteiger partial charge on any atom is -0.311 e. The third kappa shape index (κ3) is 6.87. The van der Waals surface area contributed by atoms with Crippen LogP contribution >= 0.6 is 0 Å². The Hall–Kier alpha value is -7.42. The van der Waals surface area contributed by atoms with Crippen LogP contribution in [0.25, 0.3) is 71.5 Å². The maximum absolute atomic E-state index is 4.82. The minimum absolute atomic E-state index is 1.05. The van der Waals surface area contributed by atoms with Gasteiger partial charge in [0.2, 0.25) is 0 Å². The van der Waals surface area contributed by atoms with Crippen molar-refractivity contribution in [3.05, 3.63) is 229 Å². The van der Waals surface area contributed by atoms with E-state index in [1.54, 1.807) is 11.1 Å². The van der Waals surface area contributed by atoms with Crippen molar-refractivity contribution in [2.24, 2.45) is 0 Å². The van der Waals surface area contributed by atoms with Gasteiger partial charge in [0.15, 0.2) is 0 Å². The lowest BCUT2D eigenvalue weighted by atomic mass is 9.76. The molecule has 12 rings (SSSR count). The second kappa shape index (κ2) is 16.6. The van der Waals surface area contributed by atoms with Crippen LogP contribution in [0.2, 0.25) is 0 Å². The Kier molecular flexibility index (Phi) is 10.0. The predicted molar refractivity (Wildman–Crippen MR) is 278 cm³/mol. The van der Waals surface area contributed by atoms with E-state index < -0.39 is 0 Å². The standard InChI is InChI=1S/C63H52N2/c1-43-17-5-2-10-22-52(46-20-8-4-9-21-46)54-23-11-12-25-56(54)61(43)48-35-41-51(42-36-48)64(49-37-31-45(32-38-49)44-18-6-3-7-19-44)50-39-33-47(34-40-50)53-26-16-30-60-62(53)58-28-15-27-57-55-24-13-14-29-59(55)65(60)63(57)58/h3-4,6-9,13-16,18-21,24,26-42H,1-2,5,10-12,17,22-23,25H2/b54-52+,61-56?. The van der Waals surface area contributed by atoms with E-state index in [-0.39, 0.29) is 0 Å². The number of nitrogens with zero attached hydrogens (tertiary/aromatic N) is 2. The van der Waals surface area contributed by atoms with Crippen molar-refractivity contribution in [3.8, 4) is 22.3 Å². The maximum Gasteiger partial charge on any atom is 0.0620 e. The van der Waals surface area contributed by atoms with Crippen LogP contribution in [-0.4, -0.2) is 4.40 Å².